The van der Waals surface area contributed by atoms with Gasteiger partial charge < -0.3 is 19.9 Å². The first-order valence-corrected chi connectivity index (χ1v) is 12.1. The first kappa shape index (κ1) is 23.4. The van der Waals surface area contributed by atoms with E-state index in [0.717, 1.165) is 10.4 Å². The Hall–Kier alpha value is -3.76. The third-order valence-corrected chi connectivity index (χ3v) is 6.76. The Kier molecular flexibility index (Phi) is 7.19. The summed E-state index contributed by atoms with van der Waals surface area (Å²) in [7, 11) is 1.84. The van der Waals surface area contributed by atoms with Crippen LogP contribution in [0.25, 0.3) is 10.4 Å². The molecule has 0 radical (unpaired) electrons. The number of esters is 1. The molecule has 1 atom stereocenters. The second-order valence-electron chi connectivity index (χ2n) is 7.40. The molecule has 1 aromatic carbocycles. The molecule has 10 heteroatoms. The van der Waals surface area contributed by atoms with Crippen LogP contribution in [0.4, 0.5) is 5.00 Å². The van der Waals surface area contributed by atoms with E-state index < -0.39 is 24.5 Å². The number of anilines is 1. The maximum atomic E-state index is 13.0. The molecule has 0 saturated heterocycles. The highest BCUT2D eigenvalue weighted by atomic mass is 32.1. The van der Waals surface area contributed by atoms with Crippen LogP contribution in [0.5, 0.6) is 0 Å². The summed E-state index contributed by atoms with van der Waals surface area (Å²) in [6.07, 6.45) is 3.45. The van der Waals surface area contributed by atoms with Gasteiger partial charge in [0.15, 0.2) is 6.61 Å². The van der Waals surface area contributed by atoms with E-state index in [1.165, 1.54) is 29.6 Å². The normalized spacial score (nSPS) is 11.6. The predicted molar refractivity (Wildman–Crippen MR) is 132 cm³/mol. The number of amides is 2. The second-order valence-corrected chi connectivity index (χ2v) is 9.22. The summed E-state index contributed by atoms with van der Waals surface area (Å²) in [5.74, 6) is -0.806. The third kappa shape index (κ3) is 5.24. The van der Waals surface area contributed by atoms with E-state index in [2.05, 4.69) is 15.6 Å². The van der Waals surface area contributed by atoms with Crippen molar-refractivity contribution >= 4 is 45.5 Å². The summed E-state index contributed by atoms with van der Waals surface area (Å²) in [5, 5.41) is 9.65. The average Bonchev–Trinajstić information content (AvgIpc) is 3.57. The van der Waals surface area contributed by atoms with Gasteiger partial charge in [-0.05, 0) is 17.0 Å². The number of aromatic nitrogens is 2. The van der Waals surface area contributed by atoms with Gasteiger partial charge in [0, 0.05) is 42.2 Å². The highest BCUT2D eigenvalue weighted by molar-refractivity contribution is 7.17. The van der Waals surface area contributed by atoms with Gasteiger partial charge in [0.1, 0.15) is 22.4 Å². The Morgan fingerprint density at radius 1 is 1.12 bits per heavy atom. The zero-order chi connectivity index (χ0) is 24.1. The van der Waals surface area contributed by atoms with Crippen molar-refractivity contribution < 1.29 is 19.1 Å². The lowest BCUT2D eigenvalue weighted by molar-refractivity contribution is -0.124. The number of thiophene rings is 2. The van der Waals surface area contributed by atoms with Gasteiger partial charge in [0.05, 0.1) is 0 Å². The molecule has 8 nitrogen and oxygen atoms in total. The zero-order valence-corrected chi connectivity index (χ0v) is 20.1. The Morgan fingerprint density at radius 3 is 2.56 bits per heavy atom. The fraction of sp³-hybridized carbons (Fsp3) is 0.167. The van der Waals surface area contributed by atoms with Gasteiger partial charge in [-0.25, -0.2) is 9.78 Å². The van der Waals surface area contributed by atoms with Crippen molar-refractivity contribution in [2.75, 3.05) is 11.9 Å². The van der Waals surface area contributed by atoms with Gasteiger partial charge in [0.25, 0.3) is 5.91 Å². The van der Waals surface area contributed by atoms with Crippen LogP contribution in [-0.4, -0.2) is 33.9 Å². The number of benzene rings is 1. The van der Waals surface area contributed by atoms with Crippen molar-refractivity contribution in [3.8, 4) is 10.4 Å². The van der Waals surface area contributed by atoms with Crippen LogP contribution in [0.3, 0.4) is 0 Å². The number of nitrogens with one attached hydrogen (secondary N) is 2. The van der Waals surface area contributed by atoms with E-state index in [4.69, 9.17) is 4.74 Å². The van der Waals surface area contributed by atoms with Gasteiger partial charge in [-0.15, -0.1) is 22.7 Å². The summed E-state index contributed by atoms with van der Waals surface area (Å²) in [6.45, 7) is 0.889. The number of carbonyl (C=O) groups excluding carboxylic acids is 3. The molecule has 2 amide bonds. The quantitative estimate of drug-likeness (QED) is 0.357. The minimum absolute atomic E-state index is 0.235. The first-order chi connectivity index (χ1) is 16.4. The Bertz CT molecular complexity index is 1300. The summed E-state index contributed by atoms with van der Waals surface area (Å²) in [5.41, 5.74) is 1.74. The van der Waals surface area contributed by atoms with Gasteiger partial charge in [-0.1, -0.05) is 36.4 Å². The van der Waals surface area contributed by atoms with Crippen molar-refractivity contribution in [3.63, 3.8) is 0 Å². The summed E-state index contributed by atoms with van der Waals surface area (Å²) >= 11 is 2.70. The molecule has 4 aromatic rings. The molecule has 4 rings (SSSR count). The van der Waals surface area contributed by atoms with Gasteiger partial charge >= 0.3 is 5.97 Å². The number of aryl methyl sites for hydroxylation is 1. The first-order valence-electron chi connectivity index (χ1n) is 10.4. The van der Waals surface area contributed by atoms with E-state index in [-0.39, 0.29) is 11.5 Å². The lowest BCUT2D eigenvalue weighted by Gasteiger charge is -2.19. The Morgan fingerprint density at radius 2 is 1.91 bits per heavy atom. The predicted octanol–water partition coefficient (Wildman–Crippen LogP) is 4.23. The van der Waals surface area contributed by atoms with E-state index in [1.54, 1.807) is 17.8 Å². The number of imidazole rings is 1. The molecule has 2 N–H and O–H groups in total. The molecule has 34 heavy (non-hydrogen) atoms. The van der Waals surface area contributed by atoms with E-state index in [0.29, 0.717) is 16.4 Å². The van der Waals surface area contributed by atoms with Crippen LogP contribution in [0.1, 0.15) is 34.7 Å². The summed E-state index contributed by atoms with van der Waals surface area (Å²) in [6, 6.07) is 12.7. The van der Waals surface area contributed by atoms with Gasteiger partial charge in [-0.2, -0.15) is 0 Å². The molecule has 0 aliphatic rings. The molecule has 0 fully saturated rings. The van der Waals surface area contributed by atoms with Crippen LogP contribution in [0.15, 0.2) is 65.6 Å². The largest absolute Gasteiger partial charge is 0.452 e. The van der Waals surface area contributed by atoms with Crippen molar-refractivity contribution in [1.29, 1.82) is 0 Å². The fourth-order valence-corrected chi connectivity index (χ4v) is 5.25. The Labute approximate surface area is 204 Å². The van der Waals surface area contributed by atoms with Gasteiger partial charge in [0.2, 0.25) is 5.91 Å². The van der Waals surface area contributed by atoms with Crippen molar-refractivity contribution in [2.24, 2.45) is 7.05 Å². The molecule has 3 heterocycles. The highest BCUT2D eigenvalue weighted by Crippen LogP contribution is 2.38. The third-order valence-electron chi connectivity index (χ3n) is 4.96. The molecule has 3 aromatic heterocycles. The average molecular weight is 495 g/mol. The second kappa shape index (κ2) is 10.4. The molecule has 0 saturated carbocycles. The monoisotopic (exact) mass is 494 g/mol. The molecule has 0 aliphatic heterocycles. The molecule has 0 aliphatic carbocycles. The van der Waals surface area contributed by atoms with Crippen LogP contribution >= 0.6 is 22.7 Å². The van der Waals surface area contributed by atoms with E-state index in [9.17, 15) is 14.4 Å². The number of nitrogens with zero attached hydrogens (tertiary/aromatic N) is 2. The minimum Gasteiger partial charge on any atom is -0.452 e. The number of hydrogen-bond donors (Lipinski definition) is 2. The van der Waals surface area contributed by atoms with E-state index >= 15 is 0 Å². The summed E-state index contributed by atoms with van der Waals surface area (Å²) in [4.78, 5) is 42.6. The maximum absolute atomic E-state index is 13.0. The lowest BCUT2D eigenvalue weighted by atomic mass is 10.1. The molecule has 0 bridgehead atoms. The van der Waals surface area contributed by atoms with Crippen molar-refractivity contribution in [3.05, 3.63) is 82.6 Å². The van der Waals surface area contributed by atoms with Crippen molar-refractivity contribution in [2.45, 2.75) is 13.0 Å². The smallest absolute Gasteiger partial charge is 0.342 e. The number of ether oxygens (including phenoxy) is 1. The number of hydrogen-bond acceptors (Lipinski definition) is 7. The number of carbonyl (C=O) groups is 3. The van der Waals surface area contributed by atoms with Crippen LogP contribution < -0.4 is 10.6 Å². The lowest BCUT2D eigenvalue weighted by Crippen LogP contribution is -2.34. The van der Waals surface area contributed by atoms with Gasteiger partial charge in [-0.3, -0.25) is 9.59 Å². The molecular formula is C24H22N4O4S2. The highest BCUT2D eigenvalue weighted by Gasteiger charge is 2.25. The molecule has 174 valence electrons. The number of rotatable bonds is 8. The fourth-order valence-electron chi connectivity index (χ4n) is 3.43. The standard InChI is InChI=1S/C24H22N4O4S2/c1-15(29)26-23-20(17(14-34-23)18-9-6-12-33-18)24(31)32-13-19(30)27-21(16-7-4-3-5-8-16)22-25-10-11-28(22)2/h3-12,14,21H,13H2,1-2H3,(H,26,29)(H,27,30)/t21-/m0/s1. The van der Waals surface area contributed by atoms with Crippen LogP contribution in [-0.2, 0) is 21.4 Å². The molecular weight excluding hydrogens is 472 g/mol. The summed E-state index contributed by atoms with van der Waals surface area (Å²) < 4.78 is 7.20. The van der Waals surface area contributed by atoms with E-state index in [1.807, 2.05) is 59.5 Å². The zero-order valence-electron chi connectivity index (χ0n) is 18.5. The Balaban J connectivity index is 1.51. The van der Waals surface area contributed by atoms with Crippen LogP contribution in [0.2, 0.25) is 0 Å². The van der Waals surface area contributed by atoms with Crippen molar-refractivity contribution in [1.82, 2.24) is 14.9 Å². The van der Waals surface area contributed by atoms with Crippen LogP contribution in [0, 0.1) is 0 Å². The maximum Gasteiger partial charge on any atom is 0.342 e. The molecule has 0 spiro atoms. The minimum atomic E-state index is -0.684. The SMILES string of the molecule is CC(=O)Nc1scc(-c2cccs2)c1C(=O)OCC(=O)N[C@@H](c1ccccc1)c1nccn1C. The topological polar surface area (TPSA) is 102 Å². The molecule has 0 unspecified atom stereocenters.